The van der Waals surface area contributed by atoms with Crippen molar-refractivity contribution in [2.24, 2.45) is 5.92 Å². The van der Waals surface area contributed by atoms with Gasteiger partial charge in [0.1, 0.15) is 5.82 Å². The molecule has 1 aromatic carbocycles. The van der Waals surface area contributed by atoms with Crippen LogP contribution in [0, 0.1) is 11.7 Å². The summed E-state index contributed by atoms with van der Waals surface area (Å²) in [7, 11) is 0. The third-order valence-electron chi connectivity index (χ3n) is 2.49. The second-order valence-electron chi connectivity index (χ2n) is 4.06. The highest BCUT2D eigenvalue weighted by atomic mass is 19.1. The first kappa shape index (κ1) is 11.2. The summed E-state index contributed by atoms with van der Waals surface area (Å²) in [6.07, 6.45) is -0.402. The number of rotatable bonds is 3. The molecule has 0 radical (unpaired) electrons. The van der Waals surface area contributed by atoms with Crippen LogP contribution in [0.15, 0.2) is 24.3 Å². The van der Waals surface area contributed by atoms with Crippen LogP contribution in [0.2, 0.25) is 0 Å². The van der Waals surface area contributed by atoms with Gasteiger partial charge in [-0.15, -0.1) is 0 Å². The summed E-state index contributed by atoms with van der Waals surface area (Å²) in [5, 5.41) is 9.61. The number of benzene rings is 1. The van der Waals surface area contributed by atoms with Gasteiger partial charge in [0.05, 0.1) is 6.10 Å². The maximum absolute atomic E-state index is 12.7. The monoisotopic (exact) mass is 196 g/mol. The molecular formula is C12H17FO. The van der Waals surface area contributed by atoms with Gasteiger partial charge in [-0.25, -0.2) is 4.39 Å². The van der Waals surface area contributed by atoms with Crippen LogP contribution in [0.3, 0.4) is 0 Å². The second kappa shape index (κ2) is 4.56. The zero-order chi connectivity index (χ0) is 10.7. The van der Waals surface area contributed by atoms with Gasteiger partial charge in [-0.3, -0.25) is 0 Å². The van der Waals surface area contributed by atoms with E-state index in [2.05, 4.69) is 13.8 Å². The van der Waals surface area contributed by atoms with E-state index in [-0.39, 0.29) is 11.7 Å². The van der Waals surface area contributed by atoms with Crippen molar-refractivity contribution < 1.29 is 9.50 Å². The van der Waals surface area contributed by atoms with Crippen molar-refractivity contribution in [1.82, 2.24) is 0 Å². The Kier molecular flexibility index (Phi) is 3.64. The smallest absolute Gasteiger partial charge is 0.123 e. The van der Waals surface area contributed by atoms with Crippen molar-refractivity contribution in [2.75, 3.05) is 0 Å². The highest BCUT2D eigenvalue weighted by Crippen LogP contribution is 2.27. The minimum atomic E-state index is -0.402. The SMILES string of the molecule is CC(C)[C@@H](c1ccc(F)cc1)[C@@H](C)O. The number of hydrogen-bond acceptors (Lipinski definition) is 1. The predicted molar refractivity (Wildman–Crippen MR) is 55.7 cm³/mol. The van der Waals surface area contributed by atoms with Gasteiger partial charge in [0, 0.05) is 5.92 Å². The Morgan fingerprint density at radius 2 is 1.57 bits per heavy atom. The van der Waals surface area contributed by atoms with E-state index in [1.807, 2.05) is 0 Å². The van der Waals surface area contributed by atoms with Gasteiger partial charge < -0.3 is 5.11 Å². The van der Waals surface area contributed by atoms with Crippen LogP contribution in [-0.2, 0) is 0 Å². The van der Waals surface area contributed by atoms with Crippen molar-refractivity contribution in [3.8, 4) is 0 Å². The summed E-state index contributed by atoms with van der Waals surface area (Å²) in [5.41, 5.74) is 0.997. The van der Waals surface area contributed by atoms with Crippen LogP contribution in [-0.4, -0.2) is 11.2 Å². The molecule has 0 heterocycles. The molecule has 1 rings (SSSR count). The zero-order valence-electron chi connectivity index (χ0n) is 8.87. The quantitative estimate of drug-likeness (QED) is 0.788. The Bertz CT molecular complexity index is 269. The third kappa shape index (κ3) is 2.55. The van der Waals surface area contributed by atoms with E-state index in [0.29, 0.717) is 5.92 Å². The van der Waals surface area contributed by atoms with E-state index in [9.17, 15) is 9.50 Å². The Balaban J connectivity index is 2.94. The molecule has 0 aromatic heterocycles. The minimum absolute atomic E-state index is 0.0793. The Hall–Kier alpha value is -0.890. The highest BCUT2D eigenvalue weighted by Gasteiger charge is 2.20. The molecule has 0 saturated carbocycles. The van der Waals surface area contributed by atoms with Crippen molar-refractivity contribution in [2.45, 2.75) is 32.8 Å². The average Bonchev–Trinajstić information content (AvgIpc) is 2.07. The second-order valence-corrected chi connectivity index (χ2v) is 4.06. The van der Waals surface area contributed by atoms with E-state index in [1.165, 1.54) is 12.1 Å². The average molecular weight is 196 g/mol. The van der Waals surface area contributed by atoms with Crippen molar-refractivity contribution in [3.63, 3.8) is 0 Å². The summed E-state index contributed by atoms with van der Waals surface area (Å²) in [6.45, 7) is 5.88. The number of hydrogen-bond donors (Lipinski definition) is 1. The lowest BCUT2D eigenvalue weighted by molar-refractivity contribution is 0.140. The van der Waals surface area contributed by atoms with Crippen LogP contribution < -0.4 is 0 Å². The van der Waals surface area contributed by atoms with Crippen molar-refractivity contribution >= 4 is 0 Å². The summed E-state index contributed by atoms with van der Waals surface area (Å²) in [5.74, 6) is 0.193. The lowest BCUT2D eigenvalue weighted by Crippen LogP contribution is -2.19. The maximum atomic E-state index is 12.7. The molecular weight excluding hydrogens is 179 g/mol. The summed E-state index contributed by atoms with van der Waals surface area (Å²) in [4.78, 5) is 0. The fourth-order valence-corrected chi connectivity index (χ4v) is 1.91. The van der Waals surface area contributed by atoms with E-state index in [0.717, 1.165) is 5.56 Å². The standard InChI is InChI=1S/C12H17FO/c1-8(2)12(9(3)14)10-4-6-11(13)7-5-10/h4-9,12,14H,1-3H3/t9-,12-/m1/s1. The fourth-order valence-electron chi connectivity index (χ4n) is 1.91. The molecule has 0 aliphatic carbocycles. The molecule has 0 aliphatic heterocycles. The highest BCUT2D eigenvalue weighted by molar-refractivity contribution is 5.21. The topological polar surface area (TPSA) is 20.2 Å². The first-order valence-corrected chi connectivity index (χ1v) is 4.96. The Morgan fingerprint density at radius 3 is 1.93 bits per heavy atom. The summed E-state index contributed by atoms with van der Waals surface area (Å²) >= 11 is 0. The summed E-state index contributed by atoms with van der Waals surface area (Å²) < 4.78 is 12.7. The number of halogens is 1. The first-order valence-electron chi connectivity index (χ1n) is 4.96. The molecule has 0 saturated heterocycles. The molecule has 0 unspecified atom stereocenters. The van der Waals surface area contributed by atoms with Crippen LogP contribution in [0.5, 0.6) is 0 Å². The fraction of sp³-hybridized carbons (Fsp3) is 0.500. The molecule has 1 N–H and O–H groups in total. The molecule has 78 valence electrons. The molecule has 2 atom stereocenters. The molecule has 0 spiro atoms. The lowest BCUT2D eigenvalue weighted by Gasteiger charge is -2.24. The Morgan fingerprint density at radius 1 is 1.07 bits per heavy atom. The van der Waals surface area contributed by atoms with E-state index < -0.39 is 6.10 Å². The van der Waals surface area contributed by atoms with Gasteiger partial charge in [0.25, 0.3) is 0 Å². The van der Waals surface area contributed by atoms with Gasteiger partial charge >= 0.3 is 0 Å². The van der Waals surface area contributed by atoms with Gasteiger partial charge in [-0.1, -0.05) is 26.0 Å². The van der Waals surface area contributed by atoms with Gasteiger partial charge in [-0.2, -0.15) is 0 Å². The first-order chi connectivity index (χ1) is 6.52. The van der Waals surface area contributed by atoms with Crippen molar-refractivity contribution in [1.29, 1.82) is 0 Å². The lowest BCUT2D eigenvalue weighted by atomic mass is 9.84. The zero-order valence-corrected chi connectivity index (χ0v) is 8.87. The molecule has 0 aliphatic rings. The Labute approximate surface area is 84.6 Å². The van der Waals surface area contributed by atoms with Crippen LogP contribution in [0.4, 0.5) is 4.39 Å². The van der Waals surface area contributed by atoms with E-state index in [4.69, 9.17) is 0 Å². The molecule has 0 bridgehead atoms. The normalized spacial score (nSPS) is 15.6. The molecule has 2 heteroatoms. The van der Waals surface area contributed by atoms with Crippen LogP contribution in [0.25, 0.3) is 0 Å². The molecule has 0 fully saturated rings. The molecule has 1 aromatic rings. The minimum Gasteiger partial charge on any atom is -0.393 e. The molecule has 14 heavy (non-hydrogen) atoms. The summed E-state index contributed by atoms with van der Waals surface area (Å²) in [6, 6.07) is 6.36. The third-order valence-corrected chi connectivity index (χ3v) is 2.49. The number of aliphatic hydroxyl groups is 1. The van der Waals surface area contributed by atoms with Gasteiger partial charge in [0.15, 0.2) is 0 Å². The maximum Gasteiger partial charge on any atom is 0.123 e. The van der Waals surface area contributed by atoms with E-state index >= 15 is 0 Å². The van der Waals surface area contributed by atoms with Crippen molar-refractivity contribution in [3.05, 3.63) is 35.6 Å². The van der Waals surface area contributed by atoms with Gasteiger partial charge in [-0.05, 0) is 30.5 Å². The predicted octanol–water partition coefficient (Wildman–Crippen LogP) is 2.95. The number of aliphatic hydroxyl groups excluding tert-OH is 1. The largest absolute Gasteiger partial charge is 0.393 e. The molecule has 0 amide bonds. The van der Waals surface area contributed by atoms with Gasteiger partial charge in [0.2, 0.25) is 0 Å². The van der Waals surface area contributed by atoms with E-state index in [1.54, 1.807) is 19.1 Å². The molecule has 1 nitrogen and oxygen atoms in total. The van der Waals surface area contributed by atoms with Crippen LogP contribution in [0.1, 0.15) is 32.3 Å². The van der Waals surface area contributed by atoms with Crippen LogP contribution >= 0.6 is 0 Å².